The predicted octanol–water partition coefficient (Wildman–Crippen LogP) is 6.07. The van der Waals surface area contributed by atoms with Crippen LogP contribution >= 0.6 is 0 Å². The molecule has 7 atom stereocenters. The zero-order valence-corrected chi connectivity index (χ0v) is 18.0. The second-order valence-corrected chi connectivity index (χ2v) is 10.5. The van der Waals surface area contributed by atoms with Crippen molar-refractivity contribution in [1.29, 1.82) is 0 Å². The average Bonchev–Trinajstić information content (AvgIpc) is 2.96. The van der Waals surface area contributed by atoms with E-state index in [1.165, 1.54) is 37.7 Å². The summed E-state index contributed by atoms with van der Waals surface area (Å²) in [7, 11) is 0. The Bertz CT molecular complexity index is 874. The van der Waals surface area contributed by atoms with Crippen LogP contribution in [-0.4, -0.2) is 16.5 Å². The van der Waals surface area contributed by atoms with Gasteiger partial charge in [0, 0.05) is 11.0 Å². The van der Waals surface area contributed by atoms with Gasteiger partial charge in [0.05, 0.1) is 5.60 Å². The average molecular weight is 391 g/mol. The number of aliphatic hydroxyl groups is 1. The highest BCUT2D eigenvalue weighted by Crippen LogP contribution is 2.66. The van der Waals surface area contributed by atoms with Gasteiger partial charge in [-0.1, -0.05) is 55.0 Å². The molecule has 0 radical (unpaired) electrons. The molecular formula is C27H34O2. The molecule has 2 heteroatoms. The number of hydrogen-bond donors (Lipinski definition) is 1. The minimum atomic E-state index is -0.747. The molecule has 0 aromatic heterocycles. The fourth-order valence-electron chi connectivity index (χ4n) is 7.40. The van der Waals surface area contributed by atoms with E-state index in [0.717, 1.165) is 12.0 Å². The first kappa shape index (κ1) is 19.3. The number of allylic oxidation sites excluding steroid dienone is 3. The third kappa shape index (κ3) is 2.82. The van der Waals surface area contributed by atoms with Gasteiger partial charge < -0.3 is 5.11 Å². The lowest BCUT2D eigenvalue weighted by Gasteiger charge is -2.58. The molecule has 2 fully saturated rings. The summed E-state index contributed by atoms with van der Waals surface area (Å²) >= 11 is 0. The summed E-state index contributed by atoms with van der Waals surface area (Å²) in [5.41, 5.74) is 3.00. The first-order valence-corrected chi connectivity index (χ1v) is 11.5. The van der Waals surface area contributed by atoms with Gasteiger partial charge in [0.2, 0.25) is 0 Å². The van der Waals surface area contributed by atoms with Gasteiger partial charge in [0.1, 0.15) is 0 Å². The Morgan fingerprint density at radius 1 is 1.10 bits per heavy atom. The summed E-state index contributed by atoms with van der Waals surface area (Å²) in [6.45, 7) is 5.96. The van der Waals surface area contributed by atoms with Gasteiger partial charge in [0.25, 0.3) is 0 Å². The maximum Gasteiger partial charge on any atom is 0.159 e. The monoisotopic (exact) mass is 390 g/mol. The predicted molar refractivity (Wildman–Crippen MR) is 117 cm³/mol. The number of rotatable bonds is 2. The molecule has 1 aromatic rings. The minimum absolute atomic E-state index is 0.117. The number of hydrogen-bond acceptors (Lipinski definition) is 2. The number of carbonyl (C=O) groups excluding carboxylic acids is 1. The topological polar surface area (TPSA) is 37.3 Å². The van der Waals surface area contributed by atoms with Crippen molar-refractivity contribution in [3.8, 4) is 0 Å². The number of carbonyl (C=O) groups is 1. The molecule has 2 nitrogen and oxygen atoms in total. The van der Waals surface area contributed by atoms with Crippen molar-refractivity contribution >= 4 is 5.78 Å². The lowest BCUT2D eigenvalue weighted by Crippen LogP contribution is -2.54. The molecule has 4 aliphatic carbocycles. The normalized spacial score (nSPS) is 43.2. The standard InChI is InChI=1S/C27H34O2/c1-17(28)18-8-10-20(11-9-18)23-16-26(2)24(14-15-27(26,3)29)22-13-12-19-6-4-5-7-21(19)25(22)23/h6,8-11,14-15,21-25,29H,4-5,7,12-13,16H2,1-3H3/t21-,22-,23+,24-,25+,26-,27-/m0/s1. The molecule has 1 aromatic carbocycles. The van der Waals surface area contributed by atoms with Crippen molar-refractivity contribution in [3.05, 3.63) is 59.2 Å². The van der Waals surface area contributed by atoms with E-state index in [9.17, 15) is 9.90 Å². The molecule has 0 heterocycles. The van der Waals surface area contributed by atoms with Crippen LogP contribution in [0.25, 0.3) is 0 Å². The van der Waals surface area contributed by atoms with Gasteiger partial charge in [-0.05, 0) is 87.5 Å². The molecule has 2 saturated carbocycles. The van der Waals surface area contributed by atoms with Gasteiger partial charge in [-0.15, -0.1) is 0 Å². The number of Topliss-reactive ketones (excluding diaryl/α,β-unsaturated/α-hetero) is 1. The van der Waals surface area contributed by atoms with Crippen LogP contribution in [0.4, 0.5) is 0 Å². The molecule has 1 N–H and O–H groups in total. The summed E-state index contributed by atoms with van der Waals surface area (Å²) in [6, 6.07) is 8.40. The van der Waals surface area contributed by atoms with Crippen LogP contribution in [0.2, 0.25) is 0 Å². The van der Waals surface area contributed by atoms with E-state index in [0.29, 0.717) is 29.6 Å². The van der Waals surface area contributed by atoms with E-state index in [2.05, 4.69) is 37.3 Å². The summed E-state index contributed by atoms with van der Waals surface area (Å²) in [4.78, 5) is 11.8. The van der Waals surface area contributed by atoms with Crippen LogP contribution in [-0.2, 0) is 0 Å². The van der Waals surface area contributed by atoms with Crippen LogP contribution in [0.5, 0.6) is 0 Å². The highest BCUT2D eigenvalue weighted by molar-refractivity contribution is 5.94. The van der Waals surface area contributed by atoms with Gasteiger partial charge in [-0.25, -0.2) is 0 Å². The second kappa shape index (κ2) is 6.67. The fraction of sp³-hybridized carbons (Fsp3) is 0.593. The smallest absolute Gasteiger partial charge is 0.159 e. The molecule has 0 saturated heterocycles. The Morgan fingerprint density at radius 3 is 2.59 bits per heavy atom. The molecule has 5 rings (SSSR count). The molecule has 0 bridgehead atoms. The molecule has 0 aliphatic heterocycles. The quantitative estimate of drug-likeness (QED) is 0.491. The number of fused-ring (bicyclic) bond motifs is 5. The van der Waals surface area contributed by atoms with Crippen LogP contribution in [0.1, 0.15) is 81.1 Å². The van der Waals surface area contributed by atoms with E-state index in [4.69, 9.17) is 0 Å². The van der Waals surface area contributed by atoms with Crippen molar-refractivity contribution in [3.63, 3.8) is 0 Å². The van der Waals surface area contributed by atoms with E-state index >= 15 is 0 Å². The Hall–Kier alpha value is -1.67. The Labute approximate surface area is 175 Å². The van der Waals surface area contributed by atoms with Crippen molar-refractivity contribution < 1.29 is 9.90 Å². The van der Waals surface area contributed by atoms with Gasteiger partial charge in [0.15, 0.2) is 5.78 Å². The Kier molecular flexibility index (Phi) is 4.44. The maximum absolute atomic E-state index is 11.8. The summed E-state index contributed by atoms with van der Waals surface area (Å²) in [6.07, 6.45) is 14.3. The largest absolute Gasteiger partial charge is 0.385 e. The summed E-state index contributed by atoms with van der Waals surface area (Å²) in [5, 5.41) is 11.3. The Balaban J connectivity index is 1.59. The minimum Gasteiger partial charge on any atom is -0.385 e. The SMILES string of the molecule is CC(=O)c1ccc([C@H]2C[C@@]3(C)[C@@H](C=C[C@]3(C)O)[C@@H]3CCC4=CCCC[C@@H]4[C@H]32)cc1. The molecule has 0 spiro atoms. The second-order valence-electron chi connectivity index (χ2n) is 10.5. The van der Waals surface area contributed by atoms with E-state index in [-0.39, 0.29) is 11.2 Å². The molecule has 0 amide bonds. The number of benzene rings is 1. The highest BCUT2D eigenvalue weighted by Gasteiger charge is 2.61. The molecule has 4 aliphatic rings. The first-order chi connectivity index (χ1) is 13.8. The van der Waals surface area contributed by atoms with Crippen molar-refractivity contribution in [2.75, 3.05) is 0 Å². The van der Waals surface area contributed by atoms with Crippen LogP contribution in [0, 0.1) is 29.1 Å². The van der Waals surface area contributed by atoms with Gasteiger partial charge >= 0.3 is 0 Å². The van der Waals surface area contributed by atoms with Crippen LogP contribution in [0.15, 0.2) is 48.1 Å². The van der Waals surface area contributed by atoms with E-state index < -0.39 is 5.60 Å². The molecular weight excluding hydrogens is 356 g/mol. The molecule has 0 unspecified atom stereocenters. The third-order valence-electron chi connectivity index (χ3n) is 9.16. The molecule has 29 heavy (non-hydrogen) atoms. The lowest BCUT2D eigenvalue weighted by molar-refractivity contribution is -0.102. The van der Waals surface area contributed by atoms with Crippen LogP contribution in [0.3, 0.4) is 0 Å². The van der Waals surface area contributed by atoms with E-state index in [1.807, 2.05) is 19.1 Å². The summed E-state index contributed by atoms with van der Waals surface area (Å²) < 4.78 is 0. The fourth-order valence-corrected chi connectivity index (χ4v) is 7.40. The summed E-state index contributed by atoms with van der Waals surface area (Å²) in [5.74, 6) is 3.03. The zero-order chi connectivity index (χ0) is 20.4. The van der Waals surface area contributed by atoms with Crippen molar-refractivity contribution in [2.45, 2.75) is 70.8 Å². The maximum atomic E-state index is 11.8. The lowest BCUT2D eigenvalue weighted by atomic mass is 9.46. The highest BCUT2D eigenvalue weighted by atomic mass is 16.3. The van der Waals surface area contributed by atoms with E-state index in [1.54, 1.807) is 12.5 Å². The number of ketones is 1. The molecule has 154 valence electrons. The first-order valence-electron chi connectivity index (χ1n) is 11.5. The van der Waals surface area contributed by atoms with Crippen LogP contribution < -0.4 is 0 Å². The van der Waals surface area contributed by atoms with Gasteiger partial charge in [-0.2, -0.15) is 0 Å². The van der Waals surface area contributed by atoms with Gasteiger partial charge in [-0.3, -0.25) is 4.79 Å². The van der Waals surface area contributed by atoms with Crippen molar-refractivity contribution in [1.82, 2.24) is 0 Å². The third-order valence-corrected chi connectivity index (χ3v) is 9.16. The zero-order valence-electron chi connectivity index (χ0n) is 18.0. The van der Waals surface area contributed by atoms with Crippen molar-refractivity contribution in [2.24, 2.45) is 29.1 Å². The Morgan fingerprint density at radius 2 is 1.86 bits per heavy atom.